The third kappa shape index (κ3) is 3.68. The molecule has 1 atom stereocenters. The number of imidazole rings is 1. The van der Waals surface area contributed by atoms with Crippen LogP contribution in [0.2, 0.25) is 0 Å². The van der Waals surface area contributed by atoms with E-state index in [2.05, 4.69) is 30.3 Å². The van der Waals surface area contributed by atoms with E-state index in [1.165, 1.54) is 0 Å². The van der Waals surface area contributed by atoms with Crippen LogP contribution in [0, 0.1) is 0 Å². The van der Waals surface area contributed by atoms with Crippen LogP contribution in [-0.4, -0.2) is 78.5 Å². The molecule has 1 aliphatic rings. The lowest BCUT2D eigenvalue weighted by molar-refractivity contribution is -0.131. The number of amides is 1. The molecule has 3 N–H and O–H groups in total. The average molecular weight is 305 g/mol. The lowest BCUT2D eigenvalue weighted by atomic mass is 10.2. The SMILES string of the molecule is O=C(Cc1cnc[nH]1)N1CCN(Cc2cn[nH]n2)C[C@H](O)C1. The summed E-state index contributed by atoms with van der Waals surface area (Å²) in [6, 6.07) is 0. The predicted molar refractivity (Wildman–Crippen MR) is 76.5 cm³/mol. The Morgan fingerprint density at radius 3 is 3.00 bits per heavy atom. The Morgan fingerprint density at radius 1 is 1.36 bits per heavy atom. The van der Waals surface area contributed by atoms with Gasteiger partial charge in [0.25, 0.3) is 0 Å². The molecule has 22 heavy (non-hydrogen) atoms. The molecule has 9 nitrogen and oxygen atoms in total. The van der Waals surface area contributed by atoms with Gasteiger partial charge in [-0.05, 0) is 0 Å². The van der Waals surface area contributed by atoms with Gasteiger partial charge >= 0.3 is 0 Å². The van der Waals surface area contributed by atoms with Gasteiger partial charge in [-0.1, -0.05) is 0 Å². The average Bonchev–Trinajstić information content (AvgIpc) is 3.13. The first kappa shape index (κ1) is 14.7. The second-order valence-electron chi connectivity index (χ2n) is 5.44. The maximum absolute atomic E-state index is 12.3. The van der Waals surface area contributed by atoms with E-state index in [0.29, 0.717) is 32.7 Å². The van der Waals surface area contributed by atoms with E-state index in [1.54, 1.807) is 23.6 Å². The molecule has 1 fully saturated rings. The maximum Gasteiger partial charge on any atom is 0.228 e. The van der Waals surface area contributed by atoms with Crippen molar-refractivity contribution in [3.63, 3.8) is 0 Å². The summed E-state index contributed by atoms with van der Waals surface area (Å²) in [6.07, 6.45) is 4.57. The van der Waals surface area contributed by atoms with Gasteiger partial charge < -0.3 is 15.0 Å². The third-order valence-electron chi connectivity index (χ3n) is 3.69. The number of carbonyl (C=O) groups is 1. The van der Waals surface area contributed by atoms with E-state index >= 15 is 0 Å². The molecule has 2 aromatic rings. The number of aromatic amines is 2. The number of nitrogens with one attached hydrogen (secondary N) is 2. The molecular formula is C13H19N7O2. The number of nitrogens with zero attached hydrogens (tertiary/aromatic N) is 5. The second kappa shape index (κ2) is 6.67. The highest BCUT2D eigenvalue weighted by Gasteiger charge is 2.25. The molecule has 3 heterocycles. The van der Waals surface area contributed by atoms with Crippen LogP contribution in [0.1, 0.15) is 11.4 Å². The first-order valence-electron chi connectivity index (χ1n) is 7.21. The van der Waals surface area contributed by atoms with Crippen LogP contribution in [-0.2, 0) is 17.8 Å². The highest BCUT2D eigenvalue weighted by atomic mass is 16.3. The Balaban J connectivity index is 1.57. The van der Waals surface area contributed by atoms with Crippen LogP contribution in [0.25, 0.3) is 0 Å². The Hall–Kier alpha value is -2.26. The number of aliphatic hydroxyl groups excluding tert-OH is 1. The van der Waals surface area contributed by atoms with Gasteiger partial charge in [0, 0.05) is 44.6 Å². The van der Waals surface area contributed by atoms with Crippen molar-refractivity contribution in [1.29, 1.82) is 0 Å². The molecule has 0 spiro atoms. The Labute approximate surface area is 127 Å². The minimum Gasteiger partial charge on any atom is -0.390 e. The summed E-state index contributed by atoms with van der Waals surface area (Å²) >= 11 is 0. The van der Waals surface area contributed by atoms with Crippen LogP contribution in [0.3, 0.4) is 0 Å². The molecule has 118 valence electrons. The molecule has 0 bridgehead atoms. The van der Waals surface area contributed by atoms with Crippen molar-refractivity contribution < 1.29 is 9.90 Å². The van der Waals surface area contributed by atoms with Crippen molar-refractivity contribution in [2.24, 2.45) is 0 Å². The molecule has 1 saturated heterocycles. The van der Waals surface area contributed by atoms with Gasteiger partial charge in [-0.2, -0.15) is 15.4 Å². The van der Waals surface area contributed by atoms with E-state index in [9.17, 15) is 9.90 Å². The molecule has 1 aliphatic heterocycles. The van der Waals surface area contributed by atoms with Crippen molar-refractivity contribution in [3.05, 3.63) is 30.1 Å². The van der Waals surface area contributed by atoms with E-state index in [-0.39, 0.29) is 12.3 Å². The number of hydrogen-bond donors (Lipinski definition) is 3. The fourth-order valence-electron chi connectivity index (χ4n) is 2.61. The maximum atomic E-state index is 12.3. The minimum atomic E-state index is -0.569. The van der Waals surface area contributed by atoms with Gasteiger partial charge in [0.15, 0.2) is 0 Å². The number of rotatable bonds is 4. The van der Waals surface area contributed by atoms with Gasteiger partial charge in [0.1, 0.15) is 0 Å². The van der Waals surface area contributed by atoms with Crippen LogP contribution in [0.5, 0.6) is 0 Å². The fraction of sp³-hybridized carbons (Fsp3) is 0.538. The molecule has 0 saturated carbocycles. The number of H-pyrrole nitrogens is 2. The Kier molecular flexibility index (Phi) is 4.45. The van der Waals surface area contributed by atoms with E-state index in [0.717, 1.165) is 11.4 Å². The molecule has 3 rings (SSSR count). The summed E-state index contributed by atoms with van der Waals surface area (Å²) < 4.78 is 0. The zero-order valence-electron chi connectivity index (χ0n) is 12.1. The summed E-state index contributed by atoms with van der Waals surface area (Å²) in [5.74, 6) is -0.00779. The summed E-state index contributed by atoms with van der Waals surface area (Å²) in [5, 5.41) is 20.5. The molecule has 0 radical (unpaired) electrons. The van der Waals surface area contributed by atoms with Gasteiger partial charge in [-0.15, -0.1) is 0 Å². The molecule has 9 heteroatoms. The van der Waals surface area contributed by atoms with Crippen molar-refractivity contribution in [2.75, 3.05) is 26.2 Å². The molecule has 0 aromatic carbocycles. The number of hydrogen-bond acceptors (Lipinski definition) is 6. The Morgan fingerprint density at radius 2 is 2.27 bits per heavy atom. The molecule has 0 aliphatic carbocycles. The molecular weight excluding hydrogens is 286 g/mol. The van der Waals surface area contributed by atoms with Crippen LogP contribution >= 0.6 is 0 Å². The third-order valence-corrected chi connectivity index (χ3v) is 3.69. The monoisotopic (exact) mass is 305 g/mol. The molecule has 1 amide bonds. The fourth-order valence-corrected chi connectivity index (χ4v) is 2.61. The lowest BCUT2D eigenvalue weighted by Crippen LogP contribution is -2.38. The standard InChI is InChI=1S/C13H19N7O2/c21-12-7-19(6-11-5-16-18-17-11)1-2-20(8-12)13(22)3-10-4-14-9-15-10/h4-5,9,12,21H,1-3,6-8H2,(H,14,15)(H,16,17,18)/t12-/m0/s1. The summed E-state index contributed by atoms with van der Waals surface area (Å²) in [6.45, 7) is 2.75. The largest absolute Gasteiger partial charge is 0.390 e. The first-order valence-corrected chi connectivity index (χ1v) is 7.21. The van der Waals surface area contributed by atoms with Gasteiger partial charge in [0.2, 0.25) is 5.91 Å². The molecule has 0 unspecified atom stereocenters. The van der Waals surface area contributed by atoms with Gasteiger partial charge in [0.05, 0.1) is 30.7 Å². The smallest absolute Gasteiger partial charge is 0.228 e. The lowest BCUT2D eigenvalue weighted by Gasteiger charge is -2.21. The zero-order valence-corrected chi connectivity index (χ0v) is 12.1. The van der Waals surface area contributed by atoms with Gasteiger partial charge in [-0.25, -0.2) is 4.98 Å². The predicted octanol–water partition coefficient (Wildman–Crippen LogP) is -1.22. The van der Waals surface area contributed by atoms with Crippen molar-refractivity contribution in [3.8, 4) is 0 Å². The first-order chi connectivity index (χ1) is 10.7. The highest BCUT2D eigenvalue weighted by Crippen LogP contribution is 2.09. The summed E-state index contributed by atoms with van der Waals surface area (Å²) in [7, 11) is 0. The normalized spacial score (nSPS) is 20.0. The van der Waals surface area contributed by atoms with Crippen LogP contribution in [0.4, 0.5) is 0 Å². The van der Waals surface area contributed by atoms with Crippen molar-refractivity contribution in [1.82, 2.24) is 35.2 Å². The quantitative estimate of drug-likeness (QED) is 0.652. The number of β-amino-alcohol motifs (C(OH)–C–C–N with tert-alkyl or cyclic N) is 1. The second-order valence-corrected chi connectivity index (χ2v) is 5.44. The number of carbonyl (C=O) groups excluding carboxylic acids is 1. The number of aliphatic hydroxyl groups is 1. The van der Waals surface area contributed by atoms with Crippen molar-refractivity contribution >= 4 is 5.91 Å². The van der Waals surface area contributed by atoms with E-state index < -0.39 is 6.10 Å². The summed E-state index contributed by atoms with van der Waals surface area (Å²) in [4.78, 5) is 22.9. The Bertz CT molecular complexity index is 584. The zero-order chi connectivity index (χ0) is 15.4. The molecule has 2 aromatic heterocycles. The topological polar surface area (TPSA) is 114 Å². The number of aromatic nitrogens is 5. The van der Waals surface area contributed by atoms with E-state index in [4.69, 9.17) is 0 Å². The summed E-state index contributed by atoms with van der Waals surface area (Å²) in [5.41, 5.74) is 1.60. The highest BCUT2D eigenvalue weighted by molar-refractivity contribution is 5.78. The van der Waals surface area contributed by atoms with E-state index in [1.807, 2.05) is 0 Å². The van der Waals surface area contributed by atoms with Crippen LogP contribution in [0.15, 0.2) is 18.7 Å². The van der Waals surface area contributed by atoms with Gasteiger partial charge in [-0.3, -0.25) is 9.69 Å². The van der Waals surface area contributed by atoms with Crippen molar-refractivity contribution in [2.45, 2.75) is 19.1 Å². The van der Waals surface area contributed by atoms with Crippen LogP contribution < -0.4 is 0 Å². The minimum absolute atomic E-state index is 0.00779.